The SMILES string of the molecule is CC(=O)Nc1nnc(S(=O)(=O)N2CCC(Br)C2)s1. The number of sulfonamides is 1. The Kier molecular flexibility index (Phi) is 3.99. The monoisotopic (exact) mass is 354 g/mol. The van der Waals surface area contributed by atoms with Crippen molar-refractivity contribution in [1.29, 1.82) is 0 Å². The first-order chi connectivity index (χ1) is 8.39. The zero-order valence-electron chi connectivity index (χ0n) is 9.46. The van der Waals surface area contributed by atoms with Gasteiger partial charge in [0.1, 0.15) is 0 Å². The number of nitrogens with one attached hydrogen (secondary N) is 1. The molecule has 0 bridgehead atoms. The van der Waals surface area contributed by atoms with Crippen LogP contribution in [0.25, 0.3) is 0 Å². The van der Waals surface area contributed by atoms with Crippen molar-refractivity contribution >= 4 is 48.3 Å². The smallest absolute Gasteiger partial charge is 0.272 e. The molecule has 1 fully saturated rings. The van der Waals surface area contributed by atoms with Gasteiger partial charge in [-0.1, -0.05) is 27.3 Å². The largest absolute Gasteiger partial charge is 0.301 e. The Labute approximate surface area is 117 Å². The summed E-state index contributed by atoms with van der Waals surface area (Å²) < 4.78 is 25.6. The van der Waals surface area contributed by atoms with Crippen LogP contribution in [0.1, 0.15) is 13.3 Å². The van der Waals surface area contributed by atoms with Crippen LogP contribution in [0.4, 0.5) is 5.13 Å². The molecule has 0 radical (unpaired) electrons. The zero-order valence-corrected chi connectivity index (χ0v) is 12.7. The first kappa shape index (κ1) is 13.8. The fourth-order valence-electron chi connectivity index (χ4n) is 1.53. The van der Waals surface area contributed by atoms with Crippen molar-refractivity contribution < 1.29 is 13.2 Å². The van der Waals surface area contributed by atoms with Gasteiger partial charge in [0.15, 0.2) is 0 Å². The lowest BCUT2D eigenvalue weighted by Crippen LogP contribution is -2.28. The van der Waals surface area contributed by atoms with Gasteiger partial charge in [-0.15, -0.1) is 10.2 Å². The number of amides is 1. The summed E-state index contributed by atoms with van der Waals surface area (Å²) in [6.07, 6.45) is 0.774. The number of nitrogens with zero attached hydrogens (tertiary/aromatic N) is 3. The van der Waals surface area contributed by atoms with E-state index in [-0.39, 0.29) is 20.2 Å². The molecule has 1 amide bonds. The number of hydrogen-bond acceptors (Lipinski definition) is 6. The van der Waals surface area contributed by atoms with E-state index < -0.39 is 10.0 Å². The second kappa shape index (κ2) is 5.19. The van der Waals surface area contributed by atoms with E-state index in [1.165, 1.54) is 11.2 Å². The summed E-state index contributed by atoms with van der Waals surface area (Å²) in [5.74, 6) is -0.309. The Morgan fingerprint density at radius 2 is 2.28 bits per heavy atom. The highest BCUT2D eigenvalue weighted by Gasteiger charge is 2.34. The van der Waals surface area contributed by atoms with E-state index in [4.69, 9.17) is 0 Å². The average Bonchev–Trinajstić information content (AvgIpc) is 2.86. The molecular formula is C8H11BrN4O3S2. The molecule has 2 rings (SSSR count). The summed E-state index contributed by atoms with van der Waals surface area (Å²) in [5.41, 5.74) is 0. The van der Waals surface area contributed by atoms with Crippen molar-refractivity contribution in [2.75, 3.05) is 18.4 Å². The van der Waals surface area contributed by atoms with Crippen LogP contribution in [-0.2, 0) is 14.8 Å². The van der Waals surface area contributed by atoms with E-state index in [0.29, 0.717) is 13.1 Å². The number of anilines is 1. The van der Waals surface area contributed by atoms with Gasteiger partial charge in [-0.2, -0.15) is 4.31 Å². The molecule has 2 heterocycles. The Bertz CT molecular complexity index is 558. The molecule has 0 aliphatic carbocycles. The van der Waals surface area contributed by atoms with Crippen LogP contribution >= 0.6 is 27.3 Å². The van der Waals surface area contributed by atoms with Crippen LogP contribution in [0.15, 0.2) is 4.34 Å². The number of aromatic nitrogens is 2. The lowest BCUT2D eigenvalue weighted by atomic mass is 10.4. The Hall–Kier alpha value is -0.580. The summed E-state index contributed by atoms with van der Waals surface area (Å²) >= 11 is 4.24. The van der Waals surface area contributed by atoms with Crippen LogP contribution < -0.4 is 5.32 Å². The van der Waals surface area contributed by atoms with Gasteiger partial charge in [0.05, 0.1) is 0 Å². The van der Waals surface area contributed by atoms with Gasteiger partial charge in [-0.25, -0.2) is 8.42 Å². The Morgan fingerprint density at radius 1 is 1.56 bits per heavy atom. The van der Waals surface area contributed by atoms with Gasteiger partial charge in [0.25, 0.3) is 10.0 Å². The summed E-state index contributed by atoms with van der Waals surface area (Å²) in [6.45, 7) is 2.22. The highest BCUT2D eigenvalue weighted by atomic mass is 79.9. The lowest BCUT2D eigenvalue weighted by Gasteiger charge is -2.12. The third-order valence-corrected chi connectivity index (χ3v) is 6.14. The van der Waals surface area contributed by atoms with E-state index in [2.05, 4.69) is 31.4 Å². The topological polar surface area (TPSA) is 92.3 Å². The zero-order chi connectivity index (χ0) is 13.3. The van der Waals surface area contributed by atoms with Gasteiger partial charge < -0.3 is 5.32 Å². The van der Waals surface area contributed by atoms with E-state index in [1.54, 1.807) is 0 Å². The summed E-state index contributed by atoms with van der Waals surface area (Å²) in [7, 11) is -3.59. The van der Waals surface area contributed by atoms with Crippen LogP contribution in [-0.4, -0.2) is 46.7 Å². The van der Waals surface area contributed by atoms with E-state index in [9.17, 15) is 13.2 Å². The van der Waals surface area contributed by atoms with Crippen LogP contribution in [0.5, 0.6) is 0 Å². The molecule has 1 aliphatic heterocycles. The summed E-state index contributed by atoms with van der Waals surface area (Å²) in [5, 5.41) is 9.85. The maximum absolute atomic E-state index is 12.2. The maximum Gasteiger partial charge on any atom is 0.272 e. The molecule has 1 N–H and O–H groups in total. The van der Waals surface area contributed by atoms with Crippen molar-refractivity contribution in [3.63, 3.8) is 0 Å². The highest BCUT2D eigenvalue weighted by molar-refractivity contribution is 9.09. The number of rotatable bonds is 3. The molecule has 1 aromatic heterocycles. The third-order valence-electron chi connectivity index (χ3n) is 2.34. The Balaban J connectivity index is 2.20. The molecule has 0 saturated carbocycles. The average molecular weight is 355 g/mol. The van der Waals surface area contributed by atoms with Gasteiger partial charge in [-0.05, 0) is 6.42 Å². The van der Waals surface area contributed by atoms with Crippen LogP contribution in [0.2, 0.25) is 0 Å². The van der Waals surface area contributed by atoms with Crippen molar-refractivity contribution in [3.05, 3.63) is 0 Å². The van der Waals surface area contributed by atoms with Crippen molar-refractivity contribution in [2.45, 2.75) is 22.5 Å². The number of alkyl halides is 1. The molecule has 1 aliphatic rings. The van der Waals surface area contributed by atoms with Crippen molar-refractivity contribution in [2.24, 2.45) is 0 Å². The highest BCUT2D eigenvalue weighted by Crippen LogP contribution is 2.27. The standard InChI is InChI=1S/C8H11BrN4O3S2/c1-5(14)10-7-11-12-8(17-7)18(15,16)13-3-2-6(9)4-13/h6H,2-4H2,1H3,(H,10,11,14). The minimum Gasteiger partial charge on any atom is -0.301 e. The van der Waals surface area contributed by atoms with Gasteiger partial charge in [0.2, 0.25) is 15.4 Å². The minimum atomic E-state index is -3.59. The fraction of sp³-hybridized carbons (Fsp3) is 0.625. The molecule has 0 aromatic carbocycles. The first-order valence-corrected chi connectivity index (χ1v) is 8.32. The predicted octanol–water partition coefficient (Wildman–Crippen LogP) is 0.654. The summed E-state index contributed by atoms with van der Waals surface area (Å²) in [4.78, 5) is 11.0. The second-order valence-corrected chi connectivity index (χ2v) is 8.19. The molecule has 100 valence electrons. The molecule has 0 spiro atoms. The molecule has 1 atom stereocenters. The molecule has 7 nitrogen and oxygen atoms in total. The first-order valence-electron chi connectivity index (χ1n) is 5.15. The lowest BCUT2D eigenvalue weighted by molar-refractivity contribution is -0.114. The van der Waals surface area contributed by atoms with Crippen molar-refractivity contribution in [1.82, 2.24) is 14.5 Å². The number of carbonyl (C=O) groups is 1. The molecule has 18 heavy (non-hydrogen) atoms. The molecule has 10 heteroatoms. The number of halogens is 1. The van der Waals surface area contributed by atoms with Crippen molar-refractivity contribution in [3.8, 4) is 0 Å². The van der Waals surface area contributed by atoms with Crippen LogP contribution in [0.3, 0.4) is 0 Å². The number of carbonyl (C=O) groups excluding carboxylic acids is 1. The molecule has 1 unspecified atom stereocenters. The second-order valence-electron chi connectivity index (χ2n) is 3.80. The third kappa shape index (κ3) is 2.87. The minimum absolute atomic E-state index is 0.0900. The van der Waals surface area contributed by atoms with E-state index in [1.807, 2.05) is 0 Å². The Morgan fingerprint density at radius 3 is 2.83 bits per heavy atom. The van der Waals surface area contributed by atoms with E-state index >= 15 is 0 Å². The van der Waals surface area contributed by atoms with Gasteiger partial charge in [0, 0.05) is 24.8 Å². The molecular weight excluding hydrogens is 344 g/mol. The molecule has 1 aromatic rings. The number of hydrogen-bond donors (Lipinski definition) is 1. The van der Waals surface area contributed by atoms with Crippen LogP contribution in [0, 0.1) is 0 Å². The van der Waals surface area contributed by atoms with Gasteiger partial charge >= 0.3 is 0 Å². The van der Waals surface area contributed by atoms with Gasteiger partial charge in [-0.3, -0.25) is 4.79 Å². The summed E-state index contributed by atoms with van der Waals surface area (Å²) in [6, 6.07) is 0. The maximum atomic E-state index is 12.2. The molecule has 1 saturated heterocycles. The quantitative estimate of drug-likeness (QED) is 0.635. The predicted molar refractivity (Wildman–Crippen MR) is 70.3 cm³/mol. The fourth-order valence-corrected chi connectivity index (χ4v) is 4.86. The van der Waals surface area contributed by atoms with E-state index in [0.717, 1.165) is 17.8 Å². The normalized spacial score (nSPS) is 21.1.